The molecule has 0 radical (unpaired) electrons. The van der Waals surface area contributed by atoms with Crippen LogP contribution in [0, 0.1) is 6.92 Å². The van der Waals surface area contributed by atoms with Crippen molar-refractivity contribution in [2.24, 2.45) is 0 Å². The molecule has 7 rings (SSSR count). The summed E-state index contributed by atoms with van der Waals surface area (Å²) < 4.78 is 13.9. The molecule has 200 valence electrons. The molecule has 11 heteroatoms. The highest BCUT2D eigenvalue weighted by molar-refractivity contribution is 5.95. The first-order chi connectivity index (χ1) is 19.6. The van der Waals surface area contributed by atoms with Gasteiger partial charge in [-0.2, -0.15) is 5.10 Å². The molecule has 5 heterocycles. The van der Waals surface area contributed by atoms with Crippen LogP contribution in [0.5, 0.6) is 17.2 Å². The molecule has 1 fully saturated rings. The molecule has 1 unspecified atom stereocenters. The van der Waals surface area contributed by atoms with E-state index in [0.29, 0.717) is 37.8 Å². The number of nitrogens with one attached hydrogen (secondary N) is 1. The van der Waals surface area contributed by atoms with E-state index in [4.69, 9.17) is 9.47 Å². The van der Waals surface area contributed by atoms with Crippen LogP contribution in [-0.4, -0.2) is 67.7 Å². The van der Waals surface area contributed by atoms with Crippen molar-refractivity contribution < 1.29 is 14.3 Å². The van der Waals surface area contributed by atoms with Gasteiger partial charge in [-0.3, -0.25) is 4.79 Å². The second-order valence-corrected chi connectivity index (χ2v) is 9.84. The Morgan fingerprint density at radius 3 is 2.92 bits per heavy atom. The molecule has 0 bridgehead atoms. The SMILES string of the molecule is C=CC(=O)N1CCN2c3cc4c(Nc5ccc(Oc6ccn7ncnc7c6)c(C)c5)ncnc4cc3OCC2C1. The number of anilines is 3. The third-order valence-corrected chi connectivity index (χ3v) is 7.34. The van der Waals surface area contributed by atoms with E-state index in [1.54, 1.807) is 10.8 Å². The fraction of sp³-hybridized carbons (Fsp3) is 0.207. The largest absolute Gasteiger partial charge is 0.489 e. The number of hydrogen-bond acceptors (Lipinski definition) is 9. The van der Waals surface area contributed by atoms with Crippen LogP contribution in [0.1, 0.15) is 5.56 Å². The average molecular weight is 535 g/mol. The summed E-state index contributed by atoms with van der Waals surface area (Å²) in [4.78, 5) is 29.6. The monoisotopic (exact) mass is 534 g/mol. The van der Waals surface area contributed by atoms with E-state index in [2.05, 4.69) is 42.9 Å². The van der Waals surface area contributed by atoms with Gasteiger partial charge in [-0.05, 0) is 48.9 Å². The first kappa shape index (κ1) is 23.9. The van der Waals surface area contributed by atoms with Crippen LogP contribution in [0.15, 0.2) is 74.0 Å². The lowest BCUT2D eigenvalue weighted by molar-refractivity contribution is -0.127. The van der Waals surface area contributed by atoms with Gasteiger partial charge >= 0.3 is 0 Å². The first-order valence-electron chi connectivity index (χ1n) is 13.0. The van der Waals surface area contributed by atoms with Crippen molar-refractivity contribution in [1.82, 2.24) is 29.5 Å². The topological polar surface area (TPSA) is 110 Å². The van der Waals surface area contributed by atoms with E-state index in [9.17, 15) is 4.79 Å². The minimum Gasteiger partial charge on any atom is -0.489 e. The number of benzene rings is 2. The number of amides is 1. The van der Waals surface area contributed by atoms with Crippen LogP contribution in [0.4, 0.5) is 17.2 Å². The summed E-state index contributed by atoms with van der Waals surface area (Å²) in [6.45, 7) is 8.08. The summed E-state index contributed by atoms with van der Waals surface area (Å²) in [7, 11) is 0. The lowest BCUT2D eigenvalue weighted by atomic mass is 10.1. The summed E-state index contributed by atoms with van der Waals surface area (Å²) in [6.07, 6.45) is 6.24. The van der Waals surface area contributed by atoms with E-state index >= 15 is 0 Å². The van der Waals surface area contributed by atoms with Crippen LogP contribution < -0.4 is 19.7 Å². The summed E-state index contributed by atoms with van der Waals surface area (Å²) in [5.74, 6) is 2.87. The third-order valence-electron chi connectivity index (χ3n) is 7.34. The number of aromatic nitrogens is 5. The number of fused-ring (bicyclic) bond motifs is 5. The minimum absolute atomic E-state index is 0.0491. The highest BCUT2D eigenvalue weighted by Crippen LogP contribution is 2.40. The summed E-state index contributed by atoms with van der Waals surface area (Å²) in [5, 5.41) is 8.46. The minimum atomic E-state index is -0.0491. The van der Waals surface area contributed by atoms with E-state index < -0.39 is 0 Å². The van der Waals surface area contributed by atoms with Gasteiger partial charge < -0.3 is 24.6 Å². The van der Waals surface area contributed by atoms with Crippen LogP contribution in [0.3, 0.4) is 0 Å². The molecule has 2 aliphatic heterocycles. The van der Waals surface area contributed by atoms with E-state index in [1.807, 2.05) is 54.4 Å². The summed E-state index contributed by atoms with van der Waals surface area (Å²) >= 11 is 0. The number of ether oxygens (including phenoxy) is 2. The second kappa shape index (κ2) is 9.53. The molecule has 1 N–H and O–H groups in total. The molecule has 3 aromatic heterocycles. The van der Waals surface area contributed by atoms with Gasteiger partial charge in [0, 0.05) is 49.0 Å². The molecule has 0 aliphatic carbocycles. The van der Waals surface area contributed by atoms with Gasteiger partial charge in [0.25, 0.3) is 0 Å². The molecular weight excluding hydrogens is 508 g/mol. The Morgan fingerprint density at radius 2 is 2.05 bits per heavy atom. The lowest BCUT2D eigenvalue weighted by Gasteiger charge is -2.45. The Bertz CT molecular complexity index is 1780. The molecule has 5 aromatic rings. The normalized spacial score (nSPS) is 16.3. The van der Waals surface area contributed by atoms with Crippen molar-refractivity contribution in [2.75, 3.05) is 36.5 Å². The maximum Gasteiger partial charge on any atom is 0.246 e. The van der Waals surface area contributed by atoms with Gasteiger partial charge in [-0.25, -0.2) is 19.5 Å². The van der Waals surface area contributed by atoms with Crippen molar-refractivity contribution in [1.29, 1.82) is 0 Å². The molecular formula is C29H26N8O3. The number of carbonyl (C=O) groups is 1. The fourth-order valence-corrected chi connectivity index (χ4v) is 5.31. The van der Waals surface area contributed by atoms with Gasteiger partial charge in [0.1, 0.15) is 42.3 Å². The van der Waals surface area contributed by atoms with Crippen molar-refractivity contribution in [3.05, 3.63) is 79.5 Å². The summed E-state index contributed by atoms with van der Waals surface area (Å²) in [5.41, 5.74) is 4.33. The smallest absolute Gasteiger partial charge is 0.246 e. The molecule has 40 heavy (non-hydrogen) atoms. The van der Waals surface area contributed by atoms with Crippen LogP contribution in [-0.2, 0) is 4.79 Å². The fourth-order valence-electron chi connectivity index (χ4n) is 5.31. The number of nitrogens with zero attached hydrogens (tertiary/aromatic N) is 7. The van der Waals surface area contributed by atoms with Gasteiger partial charge in [0.15, 0.2) is 5.65 Å². The zero-order valence-electron chi connectivity index (χ0n) is 21.8. The number of carbonyl (C=O) groups excluding carboxylic acids is 1. The maximum atomic E-state index is 12.2. The van der Waals surface area contributed by atoms with Gasteiger partial charge in [-0.1, -0.05) is 6.58 Å². The quantitative estimate of drug-likeness (QED) is 0.333. The Morgan fingerprint density at radius 1 is 1.12 bits per heavy atom. The second-order valence-electron chi connectivity index (χ2n) is 9.84. The zero-order chi connectivity index (χ0) is 27.2. The Labute approximate surface area is 229 Å². The average Bonchev–Trinajstić information content (AvgIpc) is 3.45. The van der Waals surface area contributed by atoms with E-state index in [0.717, 1.165) is 45.0 Å². The first-order valence-corrected chi connectivity index (χ1v) is 13.0. The van der Waals surface area contributed by atoms with Crippen molar-refractivity contribution in [3.63, 3.8) is 0 Å². The Hall–Kier alpha value is -5.19. The van der Waals surface area contributed by atoms with Crippen LogP contribution >= 0.6 is 0 Å². The van der Waals surface area contributed by atoms with Gasteiger partial charge in [-0.15, -0.1) is 0 Å². The predicted octanol–water partition coefficient (Wildman–Crippen LogP) is 4.11. The molecule has 2 aliphatic rings. The van der Waals surface area contributed by atoms with E-state index in [1.165, 1.54) is 12.4 Å². The molecule has 0 spiro atoms. The lowest BCUT2D eigenvalue weighted by Crippen LogP contribution is -2.58. The number of rotatable bonds is 5. The molecule has 1 amide bonds. The predicted molar refractivity (Wildman–Crippen MR) is 150 cm³/mol. The van der Waals surface area contributed by atoms with Crippen LogP contribution in [0.25, 0.3) is 16.6 Å². The highest BCUT2D eigenvalue weighted by atomic mass is 16.5. The number of aryl methyl sites for hydroxylation is 1. The third kappa shape index (κ3) is 4.21. The maximum absolute atomic E-state index is 12.2. The molecule has 1 atom stereocenters. The Kier molecular flexibility index (Phi) is 5.69. The number of pyridine rings is 1. The molecule has 1 saturated heterocycles. The molecule has 2 aromatic carbocycles. The van der Waals surface area contributed by atoms with Crippen LogP contribution in [0.2, 0.25) is 0 Å². The Balaban J connectivity index is 1.15. The molecule has 11 nitrogen and oxygen atoms in total. The summed E-state index contributed by atoms with van der Waals surface area (Å²) in [6, 6.07) is 13.7. The zero-order valence-corrected chi connectivity index (χ0v) is 21.8. The van der Waals surface area contributed by atoms with Gasteiger partial charge in [0.05, 0.1) is 17.2 Å². The number of piperazine rings is 1. The highest BCUT2D eigenvalue weighted by Gasteiger charge is 2.34. The standard InChI is InChI=1S/C29H26N8O3/c1-3-28(38)35-8-9-36-20(14-35)15-39-26-13-23-22(12-24(26)36)29(32-16-30-23)34-19-4-5-25(18(2)10-19)40-21-6-7-37-27(11-21)31-17-33-37/h3-7,10-13,16-17,20H,1,8-9,14-15H2,2H3,(H,30,32,34). The number of hydrogen-bond donors (Lipinski definition) is 1. The van der Waals surface area contributed by atoms with Crippen molar-refractivity contribution in [2.45, 2.75) is 13.0 Å². The van der Waals surface area contributed by atoms with Crippen molar-refractivity contribution in [3.8, 4) is 17.2 Å². The van der Waals surface area contributed by atoms with Gasteiger partial charge in [0.2, 0.25) is 5.91 Å². The molecule has 0 saturated carbocycles. The van der Waals surface area contributed by atoms with Crippen molar-refractivity contribution >= 4 is 39.6 Å². The van der Waals surface area contributed by atoms with E-state index in [-0.39, 0.29) is 11.9 Å².